The van der Waals surface area contributed by atoms with Crippen LogP contribution in [-0.2, 0) is 0 Å². The van der Waals surface area contributed by atoms with Gasteiger partial charge in [0.15, 0.2) is 17.5 Å². The molecule has 4 heteroatoms. The Kier molecular flexibility index (Phi) is 7.14. The van der Waals surface area contributed by atoms with Gasteiger partial charge in [-0.15, -0.1) is 0 Å². The molecule has 0 saturated carbocycles. The molecule has 0 spiro atoms. The van der Waals surface area contributed by atoms with Crippen molar-refractivity contribution in [1.29, 1.82) is 0 Å². The van der Waals surface area contributed by atoms with Crippen LogP contribution in [0.3, 0.4) is 0 Å². The molecule has 9 aromatic carbocycles. The molecule has 11 rings (SSSR count). The average Bonchev–Trinajstić information content (AvgIpc) is 3.65. The molecule has 55 heavy (non-hydrogen) atoms. The minimum Gasteiger partial charge on any atom is -0.456 e. The molecule has 0 amide bonds. The summed E-state index contributed by atoms with van der Waals surface area (Å²) in [7, 11) is 0. The van der Waals surface area contributed by atoms with Crippen LogP contribution in [0, 0.1) is 0 Å². The van der Waals surface area contributed by atoms with E-state index in [1.54, 1.807) is 0 Å². The summed E-state index contributed by atoms with van der Waals surface area (Å²) < 4.78 is 6.27. The molecule has 0 bridgehead atoms. The molecule has 0 N–H and O–H groups in total. The molecule has 2 aromatic heterocycles. The summed E-state index contributed by atoms with van der Waals surface area (Å²) in [4.78, 5) is 14.8. The standard InChI is InChI=1S/C51H31N3O/c1-3-12-33(13-4-1)49-52-50(34-14-5-2-6-15-34)54-51(53-49)35-24-22-32(23-25-35)38-19-11-20-43-39-16-7-8-17-40(39)45-30-36(27-29-44(45)48(38)43)37-26-28-42-41-18-9-10-21-46(41)55-47(42)31-37/h1-31H. The Bertz CT molecular complexity index is 3180. The van der Waals surface area contributed by atoms with Crippen molar-refractivity contribution in [3.8, 4) is 56.4 Å². The van der Waals surface area contributed by atoms with Crippen LogP contribution >= 0.6 is 0 Å². The number of furan rings is 1. The van der Waals surface area contributed by atoms with Gasteiger partial charge in [-0.25, -0.2) is 15.0 Å². The van der Waals surface area contributed by atoms with E-state index in [1.165, 1.54) is 37.9 Å². The lowest BCUT2D eigenvalue weighted by molar-refractivity contribution is 0.669. The monoisotopic (exact) mass is 701 g/mol. The predicted molar refractivity (Wildman–Crippen MR) is 227 cm³/mol. The smallest absolute Gasteiger partial charge is 0.164 e. The van der Waals surface area contributed by atoms with Crippen LogP contribution < -0.4 is 0 Å². The fourth-order valence-corrected chi connectivity index (χ4v) is 8.07. The molecular formula is C51H31N3O. The highest BCUT2D eigenvalue weighted by Gasteiger charge is 2.16. The van der Waals surface area contributed by atoms with Gasteiger partial charge in [0, 0.05) is 27.5 Å². The summed E-state index contributed by atoms with van der Waals surface area (Å²) in [5.74, 6) is 1.94. The average molecular weight is 702 g/mol. The number of para-hydroxylation sites is 1. The second-order valence-electron chi connectivity index (χ2n) is 14.0. The van der Waals surface area contributed by atoms with Crippen molar-refractivity contribution in [3.63, 3.8) is 0 Å². The van der Waals surface area contributed by atoms with Gasteiger partial charge >= 0.3 is 0 Å². The maximum Gasteiger partial charge on any atom is 0.164 e. The molecular weight excluding hydrogens is 671 g/mol. The summed E-state index contributed by atoms with van der Waals surface area (Å²) in [6, 6.07) is 65.9. The summed E-state index contributed by atoms with van der Waals surface area (Å²) in [5.41, 5.74) is 9.25. The van der Waals surface area contributed by atoms with E-state index >= 15 is 0 Å². The lowest BCUT2D eigenvalue weighted by Gasteiger charge is -2.16. The summed E-state index contributed by atoms with van der Waals surface area (Å²) in [6.45, 7) is 0. The zero-order valence-electron chi connectivity index (χ0n) is 29.6. The van der Waals surface area contributed by atoms with Crippen LogP contribution in [0.2, 0.25) is 0 Å². The Morgan fingerprint density at radius 1 is 0.273 bits per heavy atom. The zero-order chi connectivity index (χ0) is 36.3. The molecule has 0 aliphatic heterocycles. The highest BCUT2D eigenvalue weighted by Crippen LogP contribution is 2.42. The van der Waals surface area contributed by atoms with Gasteiger partial charge in [-0.1, -0.05) is 164 Å². The minimum absolute atomic E-state index is 0.641. The van der Waals surface area contributed by atoms with Crippen LogP contribution in [0.1, 0.15) is 0 Å². The van der Waals surface area contributed by atoms with Crippen molar-refractivity contribution in [1.82, 2.24) is 15.0 Å². The first-order valence-corrected chi connectivity index (χ1v) is 18.5. The quantitative estimate of drug-likeness (QED) is 0.168. The molecule has 0 radical (unpaired) electrons. The minimum atomic E-state index is 0.641. The van der Waals surface area contributed by atoms with Crippen molar-refractivity contribution in [2.75, 3.05) is 0 Å². The highest BCUT2D eigenvalue weighted by atomic mass is 16.3. The predicted octanol–water partition coefficient (Wildman–Crippen LogP) is 13.6. The third kappa shape index (κ3) is 5.26. The molecule has 0 aliphatic rings. The number of fused-ring (bicyclic) bond motifs is 9. The lowest BCUT2D eigenvalue weighted by atomic mass is 9.88. The van der Waals surface area contributed by atoms with Gasteiger partial charge in [0.05, 0.1) is 0 Å². The largest absolute Gasteiger partial charge is 0.456 e. The van der Waals surface area contributed by atoms with Gasteiger partial charge in [-0.3, -0.25) is 0 Å². The third-order valence-corrected chi connectivity index (χ3v) is 10.7. The topological polar surface area (TPSA) is 51.8 Å². The normalized spacial score (nSPS) is 11.6. The van der Waals surface area contributed by atoms with E-state index in [1.807, 2.05) is 72.8 Å². The van der Waals surface area contributed by atoms with Crippen LogP contribution in [-0.4, -0.2) is 15.0 Å². The highest BCUT2D eigenvalue weighted by molar-refractivity contribution is 6.28. The Balaban J connectivity index is 1.05. The molecule has 0 unspecified atom stereocenters. The van der Waals surface area contributed by atoms with Crippen LogP contribution in [0.5, 0.6) is 0 Å². The van der Waals surface area contributed by atoms with Crippen molar-refractivity contribution >= 4 is 54.3 Å². The number of rotatable bonds is 5. The first-order valence-electron chi connectivity index (χ1n) is 18.5. The first-order chi connectivity index (χ1) is 27.2. The molecule has 0 aliphatic carbocycles. The van der Waals surface area contributed by atoms with E-state index < -0.39 is 0 Å². The maximum absolute atomic E-state index is 6.27. The summed E-state index contributed by atoms with van der Waals surface area (Å²) in [5, 5.41) is 9.67. The Morgan fingerprint density at radius 2 is 0.727 bits per heavy atom. The number of hydrogen-bond donors (Lipinski definition) is 0. The van der Waals surface area contributed by atoms with E-state index in [0.717, 1.165) is 55.3 Å². The molecule has 4 nitrogen and oxygen atoms in total. The SMILES string of the molecule is c1ccc(-c2nc(-c3ccccc3)nc(-c3ccc(-c4cccc5c6ccccc6c6cc(-c7ccc8c(c7)oc7ccccc78)ccc6c45)cc3)n2)cc1. The molecule has 0 fully saturated rings. The summed E-state index contributed by atoms with van der Waals surface area (Å²) >= 11 is 0. The maximum atomic E-state index is 6.27. The van der Waals surface area contributed by atoms with Crippen molar-refractivity contribution in [3.05, 3.63) is 188 Å². The van der Waals surface area contributed by atoms with Gasteiger partial charge in [-0.2, -0.15) is 0 Å². The van der Waals surface area contributed by atoms with Crippen LogP contribution in [0.25, 0.3) is 111 Å². The number of nitrogens with zero attached hydrogens (tertiary/aromatic N) is 3. The summed E-state index contributed by atoms with van der Waals surface area (Å²) in [6.07, 6.45) is 0. The van der Waals surface area contributed by atoms with Gasteiger partial charge < -0.3 is 4.42 Å². The van der Waals surface area contributed by atoms with Crippen molar-refractivity contribution in [2.45, 2.75) is 0 Å². The second-order valence-corrected chi connectivity index (χ2v) is 14.0. The van der Waals surface area contributed by atoms with E-state index in [0.29, 0.717) is 17.5 Å². The Labute approximate surface area is 317 Å². The fourth-order valence-electron chi connectivity index (χ4n) is 8.07. The number of hydrogen-bond acceptors (Lipinski definition) is 4. The molecule has 0 saturated heterocycles. The van der Waals surface area contributed by atoms with Crippen LogP contribution in [0.4, 0.5) is 0 Å². The van der Waals surface area contributed by atoms with E-state index in [-0.39, 0.29) is 0 Å². The van der Waals surface area contributed by atoms with E-state index in [2.05, 4.69) is 115 Å². The molecule has 2 heterocycles. The molecule has 11 aromatic rings. The Hall–Kier alpha value is -7.43. The third-order valence-electron chi connectivity index (χ3n) is 10.7. The van der Waals surface area contributed by atoms with Gasteiger partial charge in [-0.05, 0) is 78.8 Å². The second kappa shape index (κ2) is 12.6. The van der Waals surface area contributed by atoms with Crippen LogP contribution in [0.15, 0.2) is 192 Å². The fraction of sp³-hybridized carbons (Fsp3) is 0. The van der Waals surface area contributed by atoms with E-state index in [9.17, 15) is 0 Å². The number of aromatic nitrogens is 3. The first kappa shape index (κ1) is 31.1. The molecule has 0 atom stereocenters. The van der Waals surface area contributed by atoms with Crippen molar-refractivity contribution < 1.29 is 4.42 Å². The Morgan fingerprint density at radius 3 is 1.40 bits per heavy atom. The van der Waals surface area contributed by atoms with Crippen molar-refractivity contribution in [2.24, 2.45) is 0 Å². The zero-order valence-corrected chi connectivity index (χ0v) is 29.6. The van der Waals surface area contributed by atoms with E-state index in [4.69, 9.17) is 19.4 Å². The number of benzene rings is 9. The van der Waals surface area contributed by atoms with Gasteiger partial charge in [0.2, 0.25) is 0 Å². The lowest BCUT2D eigenvalue weighted by Crippen LogP contribution is -2.00. The molecule has 256 valence electrons. The van der Waals surface area contributed by atoms with Gasteiger partial charge in [0.25, 0.3) is 0 Å². The van der Waals surface area contributed by atoms with Gasteiger partial charge in [0.1, 0.15) is 11.2 Å².